The van der Waals surface area contributed by atoms with Crippen LogP contribution in [0.2, 0.25) is 0 Å². The van der Waals surface area contributed by atoms with Crippen molar-refractivity contribution in [2.75, 3.05) is 5.32 Å². The third kappa shape index (κ3) is 7.65. The van der Waals surface area contributed by atoms with E-state index in [0.717, 1.165) is 22.4 Å². The first kappa shape index (κ1) is 25.9. The molecule has 1 heterocycles. The van der Waals surface area contributed by atoms with Gasteiger partial charge in [0.1, 0.15) is 12.6 Å². The number of benzene rings is 2. The second-order valence-corrected chi connectivity index (χ2v) is 9.36. The molecule has 0 saturated heterocycles. The van der Waals surface area contributed by atoms with Crippen molar-refractivity contribution >= 4 is 34.4 Å². The van der Waals surface area contributed by atoms with Crippen molar-refractivity contribution in [3.05, 3.63) is 71.1 Å². The lowest BCUT2D eigenvalue weighted by atomic mass is 10.0. The Morgan fingerprint density at radius 2 is 1.66 bits per heavy atom. The van der Waals surface area contributed by atoms with Crippen LogP contribution in [-0.4, -0.2) is 28.9 Å². The van der Waals surface area contributed by atoms with Gasteiger partial charge in [0.25, 0.3) is 0 Å². The monoisotopic (exact) mass is 494 g/mol. The van der Waals surface area contributed by atoms with Gasteiger partial charge in [0.2, 0.25) is 11.8 Å². The predicted molar refractivity (Wildman–Crippen MR) is 137 cm³/mol. The van der Waals surface area contributed by atoms with E-state index in [9.17, 15) is 14.4 Å². The zero-order chi connectivity index (χ0) is 25.4. The number of anilines is 1. The Labute approximate surface area is 209 Å². The van der Waals surface area contributed by atoms with Crippen molar-refractivity contribution in [3.8, 4) is 11.3 Å². The highest BCUT2D eigenvalue weighted by atomic mass is 32.1. The summed E-state index contributed by atoms with van der Waals surface area (Å²) in [6.45, 7) is 7.22. The molecule has 1 unspecified atom stereocenters. The van der Waals surface area contributed by atoms with Gasteiger partial charge in [-0.3, -0.25) is 9.59 Å². The summed E-state index contributed by atoms with van der Waals surface area (Å²) in [6, 6.07) is 16.2. The molecule has 1 aromatic heterocycles. The van der Waals surface area contributed by atoms with E-state index in [1.54, 1.807) is 0 Å². The number of nitrogens with zero attached hydrogens (tertiary/aromatic N) is 1. The Bertz CT molecular complexity index is 1150. The number of amides is 3. The Morgan fingerprint density at radius 1 is 0.971 bits per heavy atom. The average molecular weight is 495 g/mol. The van der Waals surface area contributed by atoms with Crippen molar-refractivity contribution < 1.29 is 19.1 Å². The minimum absolute atomic E-state index is 0.0832. The highest BCUT2D eigenvalue weighted by Gasteiger charge is 2.26. The molecule has 0 saturated carbocycles. The molecule has 0 aliphatic heterocycles. The Balaban J connectivity index is 1.58. The second kappa shape index (κ2) is 12.1. The van der Waals surface area contributed by atoms with Crippen LogP contribution in [0.1, 0.15) is 44.9 Å². The van der Waals surface area contributed by atoms with Crippen molar-refractivity contribution in [2.24, 2.45) is 5.92 Å². The standard InChI is InChI=1S/C26H30N4O4S/c1-16(2)23(29-26(33)34-14-19-8-6-5-7-9-19)24(32)30-25-28-22(15-35-25)21-12-10-20(11-13-21)17(3)27-18(4)31/h5-13,15-17,23H,14H2,1-4H3,(H,27,31)(H,29,33)(H,28,30,32)/t17?,23-/m0/s1. The van der Waals surface area contributed by atoms with Gasteiger partial charge in [-0.2, -0.15) is 0 Å². The van der Waals surface area contributed by atoms with E-state index in [2.05, 4.69) is 20.9 Å². The fraction of sp³-hybridized carbons (Fsp3) is 0.308. The summed E-state index contributed by atoms with van der Waals surface area (Å²) in [7, 11) is 0. The van der Waals surface area contributed by atoms with E-state index >= 15 is 0 Å². The van der Waals surface area contributed by atoms with Crippen LogP contribution < -0.4 is 16.0 Å². The molecule has 0 fully saturated rings. The van der Waals surface area contributed by atoms with Gasteiger partial charge in [0.05, 0.1) is 11.7 Å². The Kier molecular flexibility index (Phi) is 8.97. The summed E-state index contributed by atoms with van der Waals surface area (Å²) in [4.78, 5) is 40.9. The molecule has 8 nitrogen and oxygen atoms in total. The number of carbonyl (C=O) groups is 3. The van der Waals surface area contributed by atoms with E-state index in [1.165, 1.54) is 18.3 Å². The highest BCUT2D eigenvalue weighted by molar-refractivity contribution is 7.14. The molecule has 3 rings (SSSR count). The topological polar surface area (TPSA) is 109 Å². The molecular formula is C26H30N4O4S. The number of alkyl carbamates (subject to hydrolysis) is 1. The number of thiazole rings is 1. The normalized spacial score (nSPS) is 12.5. The van der Waals surface area contributed by atoms with Crippen LogP contribution in [0.3, 0.4) is 0 Å². The van der Waals surface area contributed by atoms with Crippen molar-refractivity contribution in [1.29, 1.82) is 0 Å². The molecule has 3 aromatic rings. The molecule has 0 aliphatic rings. The van der Waals surface area contributed by atoms with Gasteiger partial charge in [-0.05, 0) is 24.0 Å². The van der Waals surface area contributed by atoms with Gasteiger partial charge >= 0.3 is 6.09 Å². The fourth-order valence-corrected chi connectivity index (χ4v) is 4.13. The molecule has 0 radical (unpaired) electrons. The molecule has 3 N–H and O–H groups in total. The van der Waals surface area contributed by atoms with Crippen LogP contribution in [0.4, 0.5) is 9.93 Å². The summed E-state index contributed by atoms with van der Waals surface area (Å²) < 4.78 is 5.25. The van der Waals surface area contributed by atoms with E-state index in [4.69, 9.17) is 4.74 Å². The van der Waals surface area contributed by atoms with E-state index in [0.29, 0.717) is 5.13 Å². The maximum Gasteiger partial charge on any atom is 0.408 e. The second-order valence-electron chi connectivity index (χ2n) is 8.50. The van der Waals surface area contributed by atoms with E-state index in [-0.39, 0.29) is 30.4 Å². The summed E-state index contributed by atoms with van der Waals surface area (Å²) >= 11 is 1.30. The molecule has 9 heteroatoms. The zero-order valence-electron chi connectivity index (χ0n) is 20.2. The molecule has 2 aromatic carbocycles. The molecule has 35 heavy (non-hydrogen) atoms. The molecule has 0 bridgehead atoms. The summed E-state index contributed by atoms with van der Waals surface area (Å²) in [6.07, 6.45) is -0.656. The van der Waals surface area contributed by atoms with Crippen molar-refractivity contribution in [3.63, 3.8) is 0 Å². The number of hydrogen-bond donors (Lipinski definition) is 3. The lowest BCUT2D eigenvalue weighted by molar-refractivity contribution is -0.120. The maximum atomic E-state index is 12.9. The summed E-state index contributed by atoms with van der Waals surface area (Å²) in [5.41, 5.74) is 3.46. The summed E-state index contributed by atoms with van der Waals surface area (Å²) in [5.74, 6) is -0.603. The molecular weight excluding hydrogens is 464 g/mol. The number of rotatable bonds is 9. The number of nitrogens with one attached hydrogen (secondary N) is 3. The summed E-state index contributed by atoms with van der Waals surface area (Å²) in [5, 5.41) is 10.6. The first-order valence-electron chi connectivity index (χ1n) is 11.3. The van der Waals surface area contributed by atoms with Crippen LogP contribution in [0.5, 0.6) is 0 Å². The van der Waals surface area contributed by atoms with Gasteiger partial charge in [-0.1, -0.05) is 68.4 Å². The zero-order valence-corrected chi connectivity index (χ0v) is 21.0. The first-order valence-corrected chi connectivity index (χ1v) is 12.2. The van der Waals surface area contributed by atoms with Gasteiger partial charge in [-0.25, -0.2) is 9.78 Å². The molecule has 3 amide bonds. The van der Waals surface area contributed by atoms with Crippen LogP contribution in [0.25, 0.3) is 11.3 Å². The lowest BCUT2D eigenvalue weighted by Gasteiger charge is -2.20. The third-order valence-electron chi connectivity index (χ3n) is 5.30. The van der Waals surface area contributed by atoms with Crippen LogP contribution >= 0.6 is 11.3 Å². The van der Waals surface area contributed by atoms with Gasteiger partial charge in [-0.15, -0.1) is 11.3 Å². The third-order valence-corrected chi connectivity index (χ3v) is 6.05. The lowest BCUT2D eigenvalue weighted by Crippen LogP contribution is -2.47. The minimum atomic E-state index is -0.778. The Hall–Kier alpha value is -3.72. The number of aromatic nitrogens is 1. The van der Waals surface area contributed by atoms with E-state index in [1.807, 2.05) is 80.7 Å². The minimum Gasteiger partial charge on any atom is -0.445 e. The van der Waals surface area contributed by atoms with Gasteiger partial charge < -0.3 is 20.7 Å². The molecule has 2 atom stereocenters. The average Bonchev–Trinajstić information content (AvgIpc) is 3.29. The van der Waals surface area contributed by atoms with Crippen LogP contribution in [0.15, 0.2) is 60.0 Å². The molecule has 0 aliphatic carbocycles. The smallest absolute Gasteiger partial charge is 0.408 e. The SMILES string of the molecule is CC(=O)NC(C)c1ccc(-c2csc(NC(=O)[C@@H](NC(=O)OCc3ccccc3)C(C)C)n2)cc1. The van der Waals surface area contributed by atoms with Crippen LogP contribution in [0, 0.1) is 5.92 Å². The fourth-order valence-electron chi connectivity index (χ4n) is 3.40. The van der Waals surface area contributed by atoms with Crippen molar-refractivity contribution in [1.82, 2.24) is 15.6 Å². The Morgan fingerprint density at radius 3 is 2.29 bits per heavy atom. The maximum absolute atomic E-state index is 12.9. The molecule has 184 valence electrons. The number of ether oxygens (including phenoxy) is 1. The first-order chi connectivity index (χ1) is 16.7. The molecule has 0 spiro atoms. The van der Waals surface area contributed by atoms with Crippen LogP contribution in [-0.2, 0) is 20.9 Å². The quantitative estimate of drug-likeness (QED) is 0.392. The van der Waals surface area contributed by atoms with Gasteiger partial charge in [0.15, 0.2) is 5.13 Å². The highest BCUT2D eigenvalue weighted by Crippen LogP contribution is 2.26. The van der Waals surface area contributed by atoms with E-state index < -0.39 is 12.1 Å². The number of hydrogen-bond acceptors (Lipinski definition) is 6. The van der Waals surface area contributed by atoms with Gasteiger partial charge in [0, 0.05) is 17.9 Å². The number of carbonyl (C=O) groups excluding carboxylic acids is 3. The van der Waals surface area contributed by atoms with Crippen molar-refractivity contribution in [2.45, 2.75) is 46.4 Å². The predicted octanol–water partition coefficient (Wildman–Crippen LogP) is 4.90. The largest absolute Gasteiger partial charge is 0.445 e.